The molecule has 6 nitrogen and oxygen atoms in total. The highest BCUT2D eigenvalue weighted by atomic mass is 32.2. The summed E-state index contributed by atoms with van der Waals surface area (Å²) in [5.74, 6) is 0.394. The van der Waals surface area contributed by atoms with E-state index in [0.717, 1.165) is 18.4 Å². The van der Waals surface area contributed by atoms with Gasteiger partial charge in [0.2, 0.25) is 10.0 Å². The fourth-order valence-electron chi connectivity index (χ4n) is 2.99. The van der Waals surface area contributed by atoms with E-state index >= 15 is 0 Å². The molecule has 1 saturated heterocycles. The van der Waals surface area contributed by atoms with Crippen molar-refractivity contribution < 1.29 is 17.5 Å². The second-order valence-corrected chi connectivity index (χ2v) is 8.23. The van der Waals surface area contributed by atoms with Crippen molar-refractivity contribution >= 4 is 15.8 Å². The van der Waals surface area contributed by atoms with Gasteiger partial charge in [0, 0.05) is 32.9 Å². The van der Waals surface area contributed by atoms with Crippen LogP contribution in [0, 0.1) is 5.82 Å². The first-order chi connectivity index (χ1) is 12.4. The number of methoxy groups -OCH3 is 1. The molecule has 2 heterocycles. The van der Waals surface area contributed by atoms with Crippen molar-refractivity contribution in [1.82, 2.24) is 9.29 Å². The van der Waals surface area contributed by atoms with Crippen molar-refractivity contribution in [2.45, 2.75) is 24.3 Å². The maximum atomic E-state index is 13.8. The van der Waals surface area contributed by atoms with Gasteiger partial charge in [0.15, 0.2) is 11.6 Å². The summed E-state index contributed by atoms with van der Waals surface area (Å²) in [5.41, 5.74) is 0.765. The molecule has 0 N–H and O–H groups in total. The fraction of sp³-hybridized carbons (Fsp3) is 0.389. The zero-order valence-electron chi connectivity index (χ0n) is 14.9. The van der Waals surface area contributed by atoms with Gasteiger partial charge < -0.3 is 9.64 Å². The second kappa shape index (κ2) is 7.59. The van der Waals surface area contributed by atoms with Crippen molar-refractivity contribution in [3.63, 3.8) is 0 Å². The van der Waals surface area contributed by atoms with E-state index in [9.17, 15) is 12.8 Å². The molecule has 0 bridgehead atoms. The highest BCUT2D eigenvalue weighted by Crippen LogP contribution is 2.23. The molecule has 2 aromatic rings. The van der Waals surface area contributed by atoms with Crippen molar-refractivity contribution in [2.75, 3.05) is 32.1 Å². The maximum Gasteiger partial charge on any atom is 0.244 e. The zero-order valence-corrected chi connectivity index (χ0v) is 15.7. The van der Waals surface area contributed by atoms with Crippen LogP contribution in [0.5, 0.6) is 5.75 Å². The normalized spacial score (nSPS) is 15.2. The lowest BCUT2D eigenvalue weighted by Crippen LogP contribution is -2.28. The lowest BCUT2D eigenvalue weighted by Gasteiger charge is -2.20. The lowest BCUT2D eigenvalue weighted by molar-refractivity contribution is 0.386. The summed E-state index contributed by atoms with van der Waals surface area (Å²) < 4.78 is 45.3. The van der Waals surface area contributed by atoms with Gasteiger partial charge in [-0.05, 0) is 42.7 Å². The Labute approximate surface area is 153 Å². The predicted molar refractivity (Wildman–Crippen MR) is 97.3 cm³/mol. The van der Waals surface area contributed by atoms with Gasteiger partial charge in [-0.3, -0.25) is 0 Å². The molecule has 0 unspecified atom stereocenters. The van der Waals surface area contributed by atoms with Crippen LogP contribution in [0.15, 0.2) is 41.4 Å². The Morgan fingerprint density at radius 2 is 1.96 bits per heavy atom. The molecule has 26 heavy (non-hydrogen) atoms. The van der Waals surface area contributed by atoms with Gasteiger partial charge >= 0.3 is 0 Å². The Morgan fingerprint density at radius 3 is 2.54 bits per heavy atom. The molecule has 0 spiro atoms. The number of pyridine rings is 1. The molecule has 0 aliphatic carbocycles. The molecule has 1 aliphatic rings. The number of nitrogens with zero attached hydrogens (tertiary/aromatic N) is 3. The average molecular weight is 379 g/mol. The van der Waals surface area contributed by atoms with Crippen LogP contribution < -0.4 is 9.64 Å². The van der Waals surface area contributed by atoms with E-state index < -0.39 is 15.8 Å². The number of hydrogen-bond donors (Lipinski definition) is 0. The highest BCUT2D eigenvalue weighted by molar-refractivity contribution is 7.89. The topological polar surface area (TPSA) is 62.7 Å². The molecule has 3 rings (SSSR count). The average Bonchev–Trinajstić information content (AvgIpc) is 3.17. The van der Waals surface area contributed by atoms with E-state index in [4.69, 9.17) is 4.74 Å². The van der Waals surface area contributed by atoms with E-state index in [1.807, 2.05) is 11.9 Å². The Balaban J connectivity index is 1.72. The molecule has 8 heteroatoms. The van der Waals surface area contributed by atoms with Crippen LogP contribution in [-0.2, 0) is 16.6 Å². The number of benzene rings is 1. The molecular weight excluding hydrogens is 357 g/mol. The minimum Gasteiger partial charge on any atom is -0.494 e. The number of ether oxygens (including phenoxy) is 1. The van der Waals surface area contributed by atoms with Crippen molar-refractivity contribution in [1.29, 1.82) is 0 Å². The summed E-state index contributed by atoms with van der Waals surface area (Å²) in [6.45, 7) is 1.56. The van der Waals surface area contributed by atoms with Gasteiger partial charge in [-0.2, -0.15) is 4.31 Å². The molecule has 0 amide bonds. The third kappa shape index (κ3) is 3.81. The largest absolute Gasteiger partial charge is 0.494 e. The molecule has 0 saturated carbocycles. The van der Waals surface area contributed by atoms with Crippen LogP contribution in [-0.4, -0.2) is 45.0 Å². The number of hydrogen-bond acceptors (Lipinski definition) is 5. The van der Waals surface area contributed by atoms with E-state index in [2.05, 4.69) is 4.98 Å². The summed E-state index contributed by atoms with van der Waals surface area (Å²) >= 11 is 0. The van der Waals surface area contributed by atoms with Crippen molar-refractivity contribution in [2.24, 2.45) is 0 Å². The summed E-state index contributed by atoms with van der Waals surface area (Å²) in [6.07, 6.45) is 3.17. The van der Waals surface area contributed by atoms with Gasteiger partial charge in [0.05, 0.1) is 7.11 Å². The monoisotopic (exact) mass is 379 g/mol. The van der Waals surface area contributed by atoms with Gasteiger partial charge in [0.1, 0.15) is 10.7 Å². The molecular formula is C18H22FN3O3S. The first-order valence-electron chi connectivity index (χ1n) is 8.41. The number of sulfonamides is 1. The van der Waals surface area contributed by atoms with E-state index in [1.165, 1.54) is 23.7 Å². The van der Waals surface area contributed by atoms with Gasteiger partial charge in [-0.25, -0.2) is 17.8 Å². The smallest absolute Gasteiger partial charge is 0.244 e. The number of halogens is 1. The van der Waals surface area contributed by atoms with Gasteiger partial charge in [0.25, 0.3) is 0 Å². The second-order valence-electron chi connectivity index (χ2n) is 6.29. The minimum absolute atomic E-state index is 0.200. The van der Waals surface area contributed by atoms with Gasteiger partial charge in [-0.15, -0.1) is 0 Å². The molecule has 0 radical (unpaired) electrons. The standard InChI is InChI=1S/C18H22FN3O3S/c1-21(13-14-5-7-17(25-2)16(19)11-14)18-8-6-15(12-20-18)26(23,24)22-9-3-4-10-22/h5-8,11-12H,3-4,9-10,13H2,1-2H3. The van der Waals surface area contributed by atoms with Crippen LogP contribution in [0.1, 0.15) is 18.4 Å². The van der Waals surface area contributed by atoms with Crippen LogP contribution in [0.4, 0.5) is 10.2 Å². The van der Waals surface area contributed by atoms with Crippen molar-refractivity contribution in [3.8, 4) is 5.75 Å². The van der Waals surface area contributed by atoms with Crippen LogP contribution >= 0.6 is 0 Å². The summed E-state index contributed by atoms with van der Waals surface area (Å²) in [6, 6.07) is 8.02. The van der Waals surface area contributed by atoms with Crippen LogP contribution in [0.25, 0.3) is 0 Å². The highest BCUT2D eigenvalue weighted by Gasteiger charge is 2.27. The predicted octanol–water partition coefficient (Wildman–Crippen LogP) is 2.65. The SMILES string of the molecule is COc1ccc(CN(C)c2ccc(S(=O)(=O)N3CCCC3)cn2)cc1F. The number of anilines is 1. The van der Waals surface area contributed by atoms with Crippen molar-refractivity contribution in [3.05, 3.63) is 47.9 Å². The Morgan fingerprint density at radius 1 is 1.23 bits per heavy atom. The molecule has 1 aliphatic heterocycles. The van der Waals surface area contributed by atoms with Crippen LogP contribution in [0.3, 0.4) is 0 Å². The van der Waals surface area contributed by atoms with Crippen LogP contribution in [0.2, 0.25) is 0 Å². The summed E-state index contributed by atoms with van der Waals surface area (Å²) in [4.78, 5) is 6.30. The quantitative estimate of drug-likeness (QED) is 0.772. The zero-order chi connectivity index (χ0) is 18.7. The summed E-state index contributed by atoms with van der Waals surface area (Å²) in [5, 5.41) is 0. The minimum atomic E-state index is -3.46. The molecule has 0 atom stereocenters. The van der Waals surface area contributed by atoms with E-state index in [-0.39, 0.29) is 10.6 Å². The van der Waals surface area contributed by atoms with Gasteiger partial charge in [-0.1, -0.05) is 6.07 Å². The third-order valence-electron chi connectivity index (χ3n) is 4.45. The Bertz CT molecular complexity index is 866. The fourth-order valence-corrected chi connectivity index (χ4v) is 4.45. The molecule has 1 fully saturated rings. The molecule has 140 valence electrons. The number of rotatable bonds is 6. The Hall–Kier alpha value is -2.19. The van der Waals surface area contributed by atoms with E-state index in [0.29, 0.717) is 25.5 Å². The lowest BCUT2D eigenvalue weighted by atomic mass is 10.2. The summed E-state index contributed by atoms with van der Waals surface area (Å²) in [7, 11) is -0.223. The number of aromatic nitrogens is 1. The first kappa shape index (κ1) is 18.6. The Kier molecular flexibility index (Phi) is 5.43. The molecule has 1 aromatic carbocycles. The maximum absolute atomic E-state index is 13.8. The molecule has 1 aromatic heterocycles. The first-order valence-corrected chi connectivity index (χ1v) is 9.85. The third-order valence-corrected chi connectivity index (χ3v) is 6.33. The van der Waals surface area contributed by atoms with E-state index in [1.54, 1.807) is 24.3 Å².